The van der Waals surface area contributed by atoms with Gasteiger partial charge in [0, 0.05) is 36.8 Å². The molecule has 0 N–H and O–H groups in total. The molecule has 0 spiro atoms. The van der Waals surface area contributed by atoms with Crippen LogP contribution in [0.3, 0.4) is 0 Å². The highest BCUT2D eigenvalue weighted by Gasteiger charge is 2.29. The monoisotopic (exact) mass is 334 g/mol. The van der Waals surface area contributed by atoms with E-state index in [9.17, 15) is 12.8 Å². The second-order valence-electron chi connectivity index (χ2n) is 5.71. The molecule has 0 aliphatic carbocycles. The van der Waals surface area contributed by atoms with Gasteiger partial charge in [0.2, 0.25) is 10.0 Å². The van der Waals surface area contributed by atoms with Crippen molar-refractivity contribution in [3.05, 3.63) is 34.6 Å². The molecule has 1 saturated heterocycles. The highest BCUT2D eigenvalue weighted by Crippen LogP contribution is 2.21. The average Bonchev–Trinajstić information content (AvgIpc) is 2.82. The van der Waals surface area contributed by atoms with E-state index in [-0.39, 0.29) is 11.7 Å². The van der Waals surface area contributed by atoms with Crippen LogP contribution in [0.1, 0.15) is 12.0 Å². The Balaban J connectivity index is 1.91. The van der Waals surface area contributed by atoms with Crippen LogP contribution in [0.5, 0.6) is 0 Å². The van der Waals surface area contributed by atoms with Crippen LogP contribution in [0.15, 0.2) is 18.2 Å². The van der Waals surface area contributed by atoms with Gasteiger partial charge in [-0.15, -0.1) is 0 Å². The van der Waals surface area contributed by atoms with Crippen molar-refractivity contribution < 1.29 is 12.8 Å². The van der Waals surface area contributed by atoms with E-state index in [2.05, 4.69) is 0 Å². The molecule has 1 aromatic carbocycles. The molecule has 2 rings (SSSR count). The molecule has 1 fully saturated rings. The molecule has 7 heteroatoms. The van der Waals surface area contributed by atoms with Crippen LogP contribution in [0.2, 0.25) is 5.02 Å². The normalized spacial score (nSPS) is 20.3. The molecule has 1 aliphatic heterocycles. The molecular weight excluding hydrogens is 315 g/mol. The number of halogens is 2. The van der Waals surface area contributed by atoms with Gasteiger partial charge in [-0.25, -0.2) is 17.1 Å². The highest BCUT2D eigenvalue weighted by atomic mass is 35.5. The summed E-state index contributed by atoms with van der Waals surface area (Å²) in [7, 11) is -1.20. The first-order chi connectivity index (χ1) is 9.75. The molecule has 0 aromatic heterocycles. The summed E-state index contributed by atoms with van der Waals surface area (Å²) in [5.74, 6) is 0.0161. The van der Waals surface area contributed by atoms with Crippen LogP contribution in [0.25, 0.3) is 0 Å². The van der Waals surface area contributed by atoms with E-state index in [1.165, 1.54) is 22.7 Å². The number of hydrogen-bond acceptors (Lipinski definition) is 3. The van der Waals surface area contributed by atoms with E-state index in [1.807, 2.05) is 11.9 Å². The third kappa shape index (κ3) is 4.64. The predicted molar refractivity (Wildman–Crippen MR) is 82.3 cm³/mol. The lowest BCUT2D eigenvalue weighted by Gasteiger charge is -2.21. The molecule has 1 aliphatic rings. The summed E-state index contributed by atoms with van der Waals surface area (Å²) in [4.78, 5) is 2.01. The first kappa shape index (κ1) is 16.7. The largest absolute Gasteiger partial charge is 0.302 e. The minimum Gasteiger partial charge on any atom is -0.302 e. The smallest absolute Gasteiger partial charge is 0.211 e. The fourth-order valence-corrected chi connectivity index (χ4v) is 3.82. The van der Waals surface area contributed by atoms with Gasteiger partial charge in [-0.1, -0.05) is 11.6 Å². The third-order valence-electron chi connectivity index (χ3n) is 3.74. The zero-order valence-corrected chi connectivity index (χ0v) is 13.8. The Bertz CT molecular complexity index is 609. The Morgan fingerprint density at radius 2 is 2.19 bits per heavy atom. The summed E-state index contributed by atoms with van der Waals surface area (Å²) >= 11 is 5.88. The third-order valence-corrected chi connectivity index (χ3v) is 5.24. The molecule has 4 nitrogen and oxygen atoms in total. The zero-order chi connectivity index (χ0) is 15.6. The van der Waals surface area contributed by atoms with E-state index in [1.54, 1.807) is 6.07 Å². The van der Waals surface area contributed by atoms with E-state index in [0.717, 1.165) is 13.0 Å². The van der Waals surface area contributed by atoms with Crippen LogP contribution >= 0.6 is 11.6 Å². The Kier molecular flexibility index (Phi) is 5.24. The molecule has 1 unspecified atom stereocenters. The van der Waals surface area contributed by atoms with Gasteiger partial charge in [-0.05, 0) is 37.6 Å². The predicted octanol–water partition coefficient (Wildman–Crippen LogP) is 2.19. The fourth-order valence-electron chi connectivity index (χ4n) is 2.71. The van der Waals surface area contributed by atoms with Crippen LogP contribution < -0.4 is 0 Å². The van der Waals surface area contributed by atoms with Crippen LogP contribution in [0, 0.1) is 11.7 Å². The Morgan fingerprint density at radius 1 is 1.48 bits per heavy atom. The van der Waals surface area contributed by atoms with Crippen molar-refractivity contribution >= 4 is 21.6 Å². The van der Waals surface area contributed by atoms with Crippen molar-refractivity contribution in [2.75, 3.05) is 32.9 Å². The zero-order valence-electron chi connectivity index (χ0n) is 12.2. The minimum atomic E-state index is -3.11. The van der Waals surface area contributed by atoms with Crippen molar-refractivity contribution in [1.29, 1.82) is 0 Å². The van der Waals surface area contributed by atoms with Crippen molar-refractivity contribution in [2.24, 2.45) is 5.92 Å². The number of sulfonamides is 1. The second kappa shape index (κ2) is 6.60. The summed E-state index contributed by atoms with van der Waals surface area (Å²) in [6, 6.07) is 4.53. The van der Waals surface area contributed by atoms with E-state index >= 15 is 0 Å². The summed E-state index contributed by atoms with van der Waals surface area (Å²) < 4.78 is 38.2. The summed E-state index contributed by atoms with van der Waals surface area (Å²) in [5, 5.41) is 0.518. The molecule has 1 heterocycles. The first-order valence-corrected chi connectivity index (χ1v) is 9.06. The quantitative estimate of drug-likeness (QED) is 0.829. The summed E-state index contributed by atoms with van der Waals surface area (Å²) in [5.41, 5.74) is 0.558. The topological polar surface area (TPSA) is 40.6 Å². The van der Waals surface area contributed by atoms with Gasteiger partial charge < -0.3 is 4.90 Å². The average molecular weight is 335 g/mol. The van der Waals surface area contributed by atoms with E-state index in [4.69, 9.17) is 11.6 Å². The minimum absolute atomic E-state index is 0.268. The summed E-state index contributed by atoms with van der Waals surface area (Å²) in [6.45, 7) is 2.31. The Morgan fingerprint density at radius 3 is 2.81 bits per heavy atom. The van der Waals surface area contributed by atoms with Crippen molar-refractivity contribution in [3.63, 3.8) is 0 Å². The number of rotatable bonds is 5. The maximum absolute atomic E-state index is 13.7. The van der Waals surface area contributed by atoms with Crippen molar-refractivity contribution in [2.45, 2.75) is 13.0 Å². The second-order valence-corrected chi connectivity index (χ2v) is 8.13. The lowest BCUT2D eigenvalue weighted by atomic mass is 10.1. The van der Waals surface area contributed by atoms with Gasteiger partial charge in [-0.2, -0.15) is 0 Å². The summed E-state index contributed by atoms with van der Waals surface area (Å²) in [6.07, 6.45) is 2.08. The lowest BCUT2D eigenvalue weighted by Crippen LogP contribution is -2.31. The molecular formula is C14H20ClFN2O2S. The number of benzene rings is 1. The molecule has 0 bridgehead atoms. The Hall–Kier alpha value is -0.690. The molecule has 0 radical (unpaired) electrons. The molecule has 0 amide bonds. The van der Waals surface area contributed by atoms with Crippen LogP contribution in [-0.4, -0.2) is 50.6 Å². The SMILES string of the molecule is CN(Cc1cc(Cl)ccc1F)CC1CCN(S(C)(=O)=O)C1. The van der Waals surface area contributed by atoms with Crippen LogP contribution in [0.4, 0.5) is 4.39 Å². The fraction of sp³-hybridized carbons (Fsp3) is 0.571. The van der Waals surface area contributed by atoms with Gasteiger partial charge >= 0.3 is 0 Å². The van der Waals surface area contributed by atoms with E-state index < -0.39 is 10.0 Å². The van der Waals surface area contributed by atoms with Gasteiger partial charge in [0.05, 0.1) is 6.26 Å². The molecule has 1 atom stereocenters. The molecule has 1 aromatic rings. The first-order valence-electron chi connectivity index (χ1n) is 6.83. The standard InChI is InChI=1S/C14H20ClFN2O2S/c1-17(10-12-7-13(15)3-4-14(12)16)8-11-5-6-18(9-11)21(2,19)20/h3-4,7,11H,5-6,8-10H2,1-2H3. The van der Waals surface area contributed by atoms with Crippen LogP contribution in [-0.2, 0) is 16.6 Å². The van der Waals surface area contributed by atoms with Gasteiger partial charge in [-0.3, -0.25) is 0 Å². The maximum atomic E-state index is 13.7. The molecule has 21 heavy (non-hydrogen) atoms. The van der Waals surface area contributed by atoms with Gasteiger partial charge in [0.15, 0.2) is 0 Å². The Labute approximate surface area is 130 Å². The maximum Gasteiger partial charge on any atom is 0.211 e. The number of nitrogens with zero attached hydrogens (tertiary/aromatic N) is 2. The number of hydrogen-bond donors (Lipinski definition) is 0. The van der Waals surface area contributed by atoms with Crippen molar-refractivity contribution in [1.82, 2.24) is 9.21 Å². The lowest BCUT2D eigenvalue weighted by molar-refractivity contribution is 0.270. The van der Waals surface area contributed by atoms with Crippen molar-refractivity contribution in [3.8, 4) is 0 Å². The highest BCUT2D eigenvalue weighted by molar-refractivity contribution is 7.88. The van der Waals surface area contributed by atoms with Gasteiger partial charge in [0.1, 0.15) is 5.82 Å². The molecule has 0 saturated carbocycles. The van der Waals surface area contributed by atoms with E-state index in [0.29, 0.717) is 30.2 Å². The molecule has 118 valence electrons. The van der Waals surface area contributed by atoms with Gasteiger partial charge in [0.25, 0.3) is 0 Å².